The molecule has 0 aliphatic rings. The summed E-state index contributed by atoms with van der Waals surface area (Å²) < 4.78 is 47.1. The molecule has 1 amide bonds. The molecule has 33 heavy (non-hydrogen) atoms. The van der Waals surface area contributed by atoms with Crippen LogP contribution in [0.3, 0.4) is 0 Å². The second-order valence-corrected chi connectivity index (χ2v) is 9.11. The molecule has 8 heteroatoms. The molecule has 168 valence electrons. The summed E-state index contributed by atoms with van der Waals surface area (Å²) in [5, 5.41) is 2.93. The van der Waals surface area contributed by atoms with Gasteiger partial charge in [-0.25, -0.2) is 12.8 Å². The van der Waals surface area contributed by atoms with Crippen LogP contribution < -0.4 is 10.0 Å². The number of carbonyl (C=O) groups excluding carboxylic acids is 1. The van der Waals surface area contributed by atoms with Gasteiger partial charge in [0, 0.05) is 11.3 Å². The SMILES string of the molecule is Cc1ccc(S(=O)(=O)Nc2cccc(C(=O)NC(c3ccccc3)c3ccco3)c2)cc1F. The lowest BCUT2D eigenvalue weighted by molar-refractivity contribution is 0.0939. The van der Waals surface area contributed by atoms with E-state index in [9.17, 15) is 17.6 Å². The third-order valence-electron chi connectivity index (χ3n) is 5.07. The molecule has 4 rings (SSSR count). The fourth-order valence-corrected chi connectivity index (χ4v) is 4.37. The molecule has 0 radical (unpaired) electrons. The van der Waals surface area contributed by atoms with Crippen LogP contribution in [-0.2, 0) is 10.0 Å². The predicted octanol–water partition coefficient (Wildman–Crippen LogP) is 5.05. The topological polar surface area (TPSA) is 88.4 Å². The normalized spacial score (nSPS) is 12.2. The number of hydrogen-bond donors (Lipinski definition) is 2. The Hall–Kier alpha value is -3.91. The minimum absolute atomic E-state index is 0.179. The molecular formula is C25H21FN2O4S. The van der Waals surface area contributed by atoms with Gasteiger partial charge in [0.1, 0.15) is 17.6 Å². The van der Waals surface area contributed by atoms with Crippen LogP contribution in [0.2, 0.25) is 0 Å². The van der Waals surface area contributed by atoms with Crippen molar-refractivity contribution in [3.63, 3.8) is 0 Å². The van der Waals surface area contributed by atoms with Gasteiger partial charge in [0.25, 0.3) is 15.9 Å². The average molecular weight is 465 g/mol. The lowest BCUT2D eigenvalue weighted by atomic mass is 10.0. The van der Waals surface area contributed by atoms with Crippen molar-refractivity contribution in [2.45, 2.75) is 17.9 Å². The largest absolute Gasteiger partial charge is 0.467 e. The maximum absolute atomic E-state index is 13.8. The van der Waals surface area contributed by atoms with Crippen molar-refractivity contribution < 1.29 is 22.0 Å². The molecule has 0 saturated carbocycles. The van der Waals surface area contributed by atoms with Gasteiger partial charge < -0.3 is 9.73 Å². The second kappa shape index (κ2) is 9.30. The van der Waals surface area contributed by atoms with E-state index < -0.39 is 27.8 Å². The summed E-state index contributed by atoms with van der Waals surface area (Å²) in [4.78, 5) is 12.8. The van der Waals surface area contributed by atoms with Crippen molar-refractivity contribution in [2.24, 2.45) is 0 Å². The number of benzene rings is 3. The molecule has 0 aliphatic carbocycles. The van der Waals surface area contributed by atoms with E-state index in [1.165, 1.54) is 30.5 Å². The van der Waals surface area contributed by atoms with Crippen molar-refractivity contribution in [2.75, 3.05) is 4.72 Å². The molecule has 0 bridgehead atoms. The standard InChI is InChI=1S/C25H21FN2O4S/c1-17-12-13-21(16-22(17)26)33(30,31)28-20-10-5-9-19(15-20)25(29)27-24(23-11-6-14-32-23)18-7-3-2-4-8-18/h2-16,24,28H,1H3,(H,27,29). The summed E-state index contributed by atoms with van der Waals surface area (Å²) in [6.07, 6.45) is 1.53. The van der Waals surface area contributed by atoms with Crippen molar-refractivity contribution in [3.8, 4) is 0 Å². The molecule has 2 N–H and O–H groups in total. The number of hydrogen-bond acceptors (Lipinski definition) is 4. The van der Waals surface area contributed by atoms with Gasteiger partial charge in [-0.1, -0.05) is 42.5 Å². The zero-order valence-electron chi connectivity index (χ0n) is 17.7. The van der Waals surface area contributed by atoms with Gasteiger partial charge in [-0.2, -0.15) is 0 Å². The van der Waals surface area contributed by atoms with Crippen LogP contribution in [0.5, 0.6) is 0 Å². The minimum atomic E-state index is -4.03. The molecule has 1 atom stereocenters. The van der Waals surface area contributed by atoms with Crippen LogP contribution in [-0.4, -0.2) is 14.3 Å². The molecule has 0 fully saturated rings. The Labute approximate surface area is 191 Å². The average Bonchev–Trinajstić information content (AvgIpc) is 3.34. The summed E-state index contributed by atoms with van der Waals surface area (Å²) in [5.41, 5.74) is 1.60. The highest BCUT2D eigenvalue weighted by Crippen LogP contribution is 2.24. The first-order chi connectivity index (χ1) is 15.8. The zero-order chi connectivity index (χ0) is 23.4. The number of anilines is 1. The molecule has 0 spiro atoms. The number of nitrogens with one attached hydrogen (secondary N) is 2. The highest BCUT2D eigenvalue weighted by atomic mass is 32.2. The van der Waals surface area contributed by atoms with Gasteiger partial charge in [-0.05, 0) is 60.5 Å². The molecule has 3 aromatic carbocycles. The quantitative estimate of drug-likeness (QED) is 0.401. The van der Waals surface area contributed by atoms with Gasteiger partial charge in [-0.15, -0.1) is 0 Å². The van der Waals surface area contributed by atoms with Crippen LogP contribution >= 0.6 is 0 Å². The zero-order valence-corrected chi connectivity index (χ0v) is 18.5. The van der Waals surface area contributed by atoms with Crippen molar-refractivity contribution >= 4 is 21.6 Å². The maximum Gasteiger partial charge on any atom is 0.261 e. The third kappa shape index (κ3) is 5.12. The van der Waals surface area contributed by atoms with Crippen molar-refractivity contribution in [1.29, 1.82) is 0 Å². The Morgan fingerprint density at radius 1 is 0.939 bits per heavy atom. The predicted molar refractivity (Wildman–Crippen MR) is 123 cm³/mol. The highest BCUT2D eigenvalue weighted by Gasteiger charge is 2.21. The van der Waals surface area contributed by atoms with E-state index in [2.05, 4.69) is 10.0 Å². The number of furan rings is 1. The molecule has 4 aromatic rings. The lowest BCUT2D eigenvalue weighted by Crippen LogP contribution is -2.29. The smallest absolute Gasteiger partial charge is 0.261 e. The Morgan fingerprint density at radius 2 is 1.73 bits per heavy atom. The van der Waals surface area contributed by atoms with Crippen LogP contribution in [0.1, 0.15) is 33.3 Å². The minimum Gasteiger partial charge on any atom is -0.467 e. The summed E-state index contributed by atoms with van der Waals surface area (Å²) in [6, 6.07) is 22.1. The second-order valence-electron chi connectivity index (χ2n) is 7.43. The molecule has 1 unspecified atom stereocenters. The van der Waals surface area contributed by atoms with Gasteiger partial charge in [0.05, 0.1) is 11.2 Å². The van der Waals surface area contributed by atoms with Gasteiger partial charge >= 0.3 is 0 Å². The Balaban J connectivity index is 1.56. The molecule has 0 saturated heterocycles. The number of amides is 1. The molecule has 0 aliphatic heterocycles. The first-order valence-electron chi connectivity index (χ1n) is 10.1. The van der Waals surface area contributed by atoms with Crippen LogP contribution in [0.25, 0.3) is 0 Å². The molecular weight excluding hydrogens is 443 g/mol. The number of aryl methyl sites for hydroxylation is 1. The third-order valence-corrected chi connectivity index (χ3v) is 6.45. The van der Waals surface area contributed by atoms with Gasteiger partial charge in [-0.3, -0.25) is 9.52 Å². The highest BCUT2D eigenvalue weighted by molar-refractivity contribution is 7.92. The van der Waals surface area contributed by atoms with E-state index in [1.807, 2.05) is 30.3 Å². The molecule has 1 heterocycles. The Morgan fingerprint density at radius 3 is 2.42 bits per heavy atom. The van der Waals surface area contributed by atoms with E-state index in [4.69, 9.17) is 4.42 Å². The van der Waals surface area contributed by atoms with Crippen LogP contribution in [0.15, 0.2) is 101 Å². The Kier molecular flexibility index (Phi) is 6.28. The van der Waals surface area contributed by atoms with Gasteiger partial charge in [0.15, 0.2) is 0 Å². The number of halogens is 1. The molecule has 6 nitrogen and oxygen atoms in total. The van der Waals surface area contributed by atoms with E-state index in [-0.39, 0.29) is 16.1 Å². The van der Waals surface area contributed by atoms with Crippen molar-refractivity contribution in [1.82, 2.24) is 5.32 Å². The summed E-state index contributed by atoms with van der Waals surface area (Å²) in [7, 11) is -4.03. The van der Waals surface area contributed by atoms with E-state index in [0.717, 1.165) is 11.6 Å². The van der Waals surface area contributed by atoms with E-state index in [0.29, 0.717) is 11.3 Å². The number of sulfonamides is 1. The van der Waals surface area contributed by atoms with Crippen LogP contribution in [0.4, 0.5) is 10.1 Å². The Bertz CT molecular complexity index is 1370. The summed E-state index contributed by atoms with van der Waals surface area (Å²) >= 11 is 0. The van der Waals surface area contributed by atoms with E-state index >= 15 is 0 Å². The maximum atomic E-state index is 13.8. The summed E-state index contributed by atoms with van der Waals surface area (Å²) in [5.74, 6) is -0.466. The number of carbonyl (C=O) groups is 1. The molecule has 1 aromatic heterocycles. The lowest BCUT2D eigenvalue weighted by Gasteiger charge is -2.17. The fraction of sp³-hybridized carbons (Fsp3) is 0.0800. The number of rotatable bonds is 7. The van der Waals surface area contributed by atoms with Crippen LogP contribution in [0, 0.1) is 12.7 Å². The van der Waals surface area contributed by atoms with Crippen molar-refractivity contribution in [3.05, 3.63) is 119 Å². The fourth-order valence-electron chi connectivity index (χ4n) is 3.31. The monoisotopic (exact) mass is 464 g/mol. The van der Waals surface area contributed by atoms with E-state index in [1.54, 1.807) is 31.2 Å². The first kappa shape index (κ1) is 22.3. The summed E-state index contributed by atoms with van der Waals surface area (Å²) in [6.45, 7) is 1.55. The van der Waals surface area contributed by atoms with Gasteiger partial charge in [0.2, 0.25) is 0 Å². The first-order valence-corrected chi connectivity index (χ1v) is 11.6.